The molecule has 3 rings (SSSR count). The number of guanidine groups is 1. The standard InChI is InChI=1S/C17H20N4S/c1-3-22-13-7-4-11(5-8-13)12-6-9-14-15(10-12)20-17(19)21(2)16(14)18/h4-10,16H,3,18H2,1-2H3,(H2,19,20). The molecule has 2 aromatic carbocycles. The number of hydrogen-bond donors (Lipinski definition) is 2. The highest BCUT2D eigenvalue weighted by atomic mass is 32.2. The van der Waals surface area contributed by atoms with Crippen LogP contribution in [-0.2, 0) is 0 Å². The molecular formula is C17H20N4S. The molecule has 1 heterocycles. The molecule has 1 unspecified atom stereocenters. The molecule has 0 radical (unpaired) electrons. The molecule has 1 atom stereocenters. The Morgan fingerprint density at radius 2 is 1.82 bits per heavy atom. The predicted molar refractivity (Wildman–Crippen MR) is 94.2 cm³/mol. The van der Waals surface area contributed by atoms with Gasteiger partial charge in [-0.2, -0.15) is 0 Å². The maximum absolute atomic E-state index is 6.18. The van der Waals surface area contributed by atoms with Crippen LogP contribution in [0, 0.1) is 0 Å². The van der Waals surface area contributed by atoms with Gasteiger partial charge >= 0.3 is 0 Å². The van der Waals surface area contributed by atoms with Crippen LogP contribution in [0.15, 0.2) is 52.4 Å². The van der Waals surface area contributed by atoms with Gasteiger partial charge in [-0.1, -0.05) is 31.2 Å². The second-order valence-electron chi connectivity index (χ2n) is 5.26. The Balaban J connectivity index is 1.96. The van der Waals surface area contributed by atoms with Crippen LogP contribution >= 0.6 is 11.8 Å². The lowest BCUT2D eigenvalue weighted by atomic mass is 10.0. The van der Waals surface area contributed by atoms with Crippen LogP contribution in [0.25, 0.3) is 11.1 Å². The van der Waals surface area contributed by atoms with E-state index in [-0.39, 0.29) is 6.17 Å². The van der Waals surface area contributed by atoms with Crippen molar-refractivity contribution in [3.63, 3.8) is 0 Å². The first-order valence-corrected chi connectivity index (χ1v) is 8.28. The average molecular weight is 312 g/mol. The van der Waals surface area contributed by atoms with Crippen molar-refractivity contribution in [3.05, 3.63) is 48.0 Å². The number of nitrogens with two attached hydrogens (primary N) is 2. The van der Waals surface area contributed by atoms with Crippen LogP contribution < -0.4 is 11.5 Å². The zero-order valence-corrected chi connectivity index (χ0v) is 13.6. The van der Waals surface area contributed by atoms with E-state index >= 15 is 0 Å². The van der Waals surface area contributed by atoms with Gasteiger partial charge in [0.2, 0.25) is 0 Å². The Labute approximate surface area is 135 Å². The summed E-state index contributed by atoms with van der Waals surface area (Å²) in [6.45, 7) is 2.16. The Bertz CT molecular complexity index is 709. The molecule has 4 N–H and O–H groups in total. The zero-order valence-electron chi connectivity index (χ0n) is 12.8. The van der Waals surface area contributed by atoms with Crippen LogP contribution in [0.2, 0.25) is 0 Å². The molecule has 0 aromatic heterocycles. The molecule has 0 fully saturated rings. The minimum absolute atomic E-state index is 0.245. The molecule has 22 heavy (non-hydrogen) atoms. The SMILES string of the molecule is CCSc1ccc(-c2ccc3c(c2)N=C(N)N(C)C3N)cc1. The number of hydrogen-bond acceptors (Lipinski definition) is 5. The van der Waals surface area contributed by atoms with Gasteiger partial charge < -0.3 is 16.4 Å². The first-order valence-electron chi connectivity index (χ1n) is 7.30. The van der Waals surface area contributed by atoms with E-state index in [1.165, 1.54) is 10.5 Å². The third-order valence-corrected chi connectivity index (χ3v) is 4.76. The molecule has 4 nitrogen and oxygen atoms in total. The lowest BCUT2D eigenvalue weighted by molar-refractivity contribution is 0.375. The Morgan fingerprint density at radius 3 is 2.50 bits per heavy atom. The third kappa shape index (κ3) is 2.69. The van der Waals surface area contributed by atoms with Gasteiger partial charge in [0, 0.05) is 17.5 Å². The summed E-state index contributed by atoms with van der Waals surface area (Å²) in [6.07, 6.45) is -0.245. The smallest absolute Gasteiger partial charge is 0.197 e. The van der Waals surface area contributed by atoms with Gasteiger partial charge in [-0.3, -0.25) is 0 Å². The first-order chi connectivity index (χ1) is 10.6. The lowest BCUT2D eigenvalue weighted by Crippen LogP contribution is -2.42. The van der Waals surface area contributed by atoms with Crippen molar-refractivity contribution in [2.75, 3.05) is 12.8 Å². The molecule has 0 saturated carbocycles. The fourth-order valence-electron chi connectivity index (χ4n) is 2.53. The highest BCUT2D eigenvalue weighted by Crippen LogP contribution is 2.34. The monoisotopic (exact) mass is 312 g/mol. The Hall–Kier alpha value is -1.98. The average Bonchev–Trinajstić information content (AvgIpc) is 2.53. The molecule has 0 aliphatic carbocycles. The van der Waals surface area contributed by atoms with Gasteiger partial charge in [-0.15, -0.1) is 11.8 Å². The van der Waals surface area contributed by atoms with Crippen LogP contribution in [0.3, 0.4) is 0 Å². The Morgan fingerprint density at radius 1 is 1.14 bits per heavy atom. The summed E-state index contributed by atoms with van der Waals surface area (Å²) in [5.41, 5.74) is 16.3. The molecule has 0 spiro atoms. The summed E-state index contributed by atoms with van der Waals surface area (Å²) in [6, 6.07) is 14.8. The Kier molecular flexibility index (Phi) is 4.09. The number of rotatable bonds is 3. The van der Waals surface area contributed by atoms with Crippen molar-refractivity contribution in [2.45, 2.75) is 18.0 Å². The molecule has 0 bridgehead atoms. The van der Waals surface area contributed by atoms with Crippen LogP contribution in [0.4, 0.5) is 5.69 Å². The van der Waals surface area contributed by atoms with Crippen molar-refractivity contribution in [2.24, 2.45) is 16.5 Å². The summed E-state index contributed by atoms with van der Waals surface area (Å²) in [5, 5.41) is 0. The maximum Gasteiger partial charge on any atom is 0.197 e. The van der Waals surface area contributed by atoms with Gasteiger partial charge in [-0.05, 0) is 35.1 Å². The second-order valence-corrected chi connectivity index (χ2v) is 6.59. The second kappa shape index (κ2) is 6.02. The van der Waals surface area contributed by atoms with Crippen molar-refractivity contribution in [1.82, 2.24) is 4.90 Å². The third-order valence-electron chi connectivity index (χ3n) is 3.86. The summed E-state index contributed by atoms with van der Waals surface area (Å²) in [5.74, 6) is 1.53. The number of fused-ring (bicyclic) bond motifs is 1. The quantitative estimate of drug-likeness (QED) is 0.853. The fourth-order valence-corrected chi connectivity index (χ4v) is 3.20. The van der Waals surface area contributed by atoms with Gasteiger partial charge in [-0.25, -0.2) is 4.99 Å². The van der Waals surface area contributed by atoms with E-state index in [9.17, 15) is 0 Å². The highest BCUT2D eigenvalue weighted by molar-refractivity contribution is 7.99. The molecular weight excluding hydrogens is 292 g/mol. The van der Waals surface area contributed by atoms with Gasteiger partial charge in [0.05, 0.1) is 5.69 Å². The summed E-state index contributed by atoms with van der Waals surface area (Å²) >= 11 is 1.84. The predicted octanol–water partition coefficient (Wildman–Crippen LogP) is 3.31. The van der Waals surface area contributed by atoms with Crippen LogP contribution in [0.5, 0.6) is 0 Å². The molecule has 0 saturated heterocycles. The number of benzene rings is 2. The summed E-state index contributed by atoms with van der Waals surface area (Å²) in [4.78, 5) is 7.51. The minimum atomic E-state index is -0.245. The molecule has 1 aliphatic heterocycles. The van der Waals surface area contributed by atoms with Crippen molar-refractivity contribution in [1.29, 1.82) is 0 Å². The number of nitrogens with zero attached hydrogens (tertiary/aromatic N) is 2. The highest BCUT2D eigenvalue weighted by Gasteiger charge is 2.22. The van der Waals surface area contributed by atoms with Crippen molar-refractivity contribution in [3.8, 4) is 11.1 Å². The van der Waals surface area contributed by atoms with E-state index in [1.807, 2.05) is 24.9 Å². The molecule has 5 heteroatoms. The number of aliphatic imine (C=N–C) groups is 1. The van der Waals surface area contributed by atoms with E-state index in [0.29, 0.717) is 5.96 Å². The van der Waals surface area contributed by atoms with Gasteiger partial charge in [0.1, 0.15) is 6.17 Å². The van der Waals surface area contributed by atoms with Gasteiger partial charge in [0.15, 0.2) is 5.96 Å². The number of thioether (sulfide) groups is 1. The summed E-state index contributed by atoms with van der Waals surface area (Å²) in [7, 11) is 1.85. The van der Waals surface area contributed by atoms with Crippen molar-refractivity contribution < 1.29 is 0 Å². The maximum atomic E-state index is 6.18. The molecule has 2 aromatic rings. The normalized spacial score (nSPS) is 17.1. The largest absolute Gasteiger partial charge is 0.369 e. The van der Waals surface area contributed by atoms with Crippen LogP contribution in [-0.4, -0.2) is 23.7 Å². The topological polar surface area (TPSA) is 67.6 Å². The molecule has 0 amide bonds. The molecule has 1 aliphatic rings. The van der Waals surface area contributed by atoms with E-state index in [2.05, 4.69) is 48.3 Å². The zero-order chi connectivity index (χ0) is 15.7. The molecule has 114 valence electrons. The van der Waals surface area contributed by atoms with E-state index in [1.54, 1.807) is 4.90 Å². The van der Waals surface area contributed by atoms with Gasteiger partial charge in [0.25, 0.3) is 0 Å². The van der Waals surface area contributed by atoms with Crippen LogP contribution in [0.1, 0.15) is 18.7 Å². The lowest BCUT2D eigenvalue weighted by Gasteiger charge is -2.30. The summed E-state index contributed by atoms with van der Waals surface area (Å²) < 4.78 is 0. The van der Waals surface area contributed by atoms with E-state index < -0.39 is 0 Å². The fraction of sp³-hybridized carbons (Fsp3) is 0.235. The first kappa shape index (κ1) is 14.9. The van der Waals surface area contributed by atoms with Crippen molar-refractivity contribution >= 4 is 23.4 Å². The van der Waals surface area contributed by atoms with E-state index in [0.717, 1.165) is 22.6 Å². The van der Waals surface area contributed by atoms with E-state index in [4.69, 9.17) is 11.5 Å². The minimum Gasteiger partial charge on any atom is -0.369 e.